The molecule has 2 aromatic rings. The van der Waals surface area contributed by atoms with Crippen molar-refractivity contribution in [2.45, 2.75) is 19.3 Å². The van der Waals surface area contributed by atoms with Crippen molar-refractivity contribution in [3.05, 3.63) is 17.3 Å². The van der Waals surface area contributed by atoms with Crippen molar-refractivity contribution in [3.63, 3.8) is 0 Å². The molecule has 3 rings (SSSR count). The molecule has 3 heterocycles. The van der Waals surface area contributed by atoms with Gasteiger partial charge in [-0.2, -0.15) is 0 Å². The highest BCUT2D eigenvalue weighted by Gasteiger charge is 2.24. The molecule has 1 fully saturated rings. The number of hydrogen-bond acceptors (Lipinski definition) is 4. The minimum absolute atomic E-state index is 0.295. The average Bonchev–Trinajstić information content (AvgIpc) is 2.88. The van der Waals surface area contributed by atoms with E-state index in [2.05, 4.69) is 9.88 Å². The van der Waals surface area contributed by atoms with Gasteiger partial charge >= 0.3 is 5.97 Å². The Bertz CT molecular complexity index is 554. The number of hydrogen-bond donors (Lipinski definition) is 1. The Morgan fingerprint density at radius 1 is 1.35 bits per heavy atom. The number of carboxylic acids is 1. The Balaban J connectivity index is 2.10. The first kappa shape index (κ1) is 10.6. The molecule has 5 nitrogen and oxygen atoms in total. The lowest BCUT2D eigenvalue weighted by Crippen LogP contribution is -2.31. The molecule has 90 valence electrons. The number of anilines is 1. The standard InChI is InChI=1S/C11H13N3O2S/c15-10(16)8-9(13-4-2-1-3-5-13)12-11-14(8)6-7-17-11/h6-7H,1-5H2,(H,15,16). The van der Waals surface area contributed by atoms with Gasteiger partial charge in [0.1, 0.15) is 0 Å². The maximum Gasteiger partial charge on any atom is 0.356 e. The van der Waals surface area contributed by atoms with Crippen molar-refractivity contribution < 1.29 is 9.90 Å². The third-order valence-corrected chi connectivity index (χ3v) is 3.86. The van der Waals surface area contributed by atoms with E-state index in [-0.39, 0.29) is 0 Å². The van der Waals surface area contributed by atoms with Gasteiger partial charge in [-0.05, 0) is 19.3 Å². The van der Waals surface area contributed by atoms with Crippen molar-refractivity contribution in [2.75, 3.05) is 18.0 Å². The van der Waals surface area contributed by atoms with E-state index in [0.717, 1.165) is 30.9 Å². The van der Waals surface area contributed by atoms with Crippen LogP contribution in [0.2, 0.25) is 0 Å². The van der Waals surface area contributed by atoms with Crippen LogP contribution in [0.5, 0.6) is 0 Å². The number of carbonyl (C=O) groups is 1. The first-order valence-electron chi connectivity index (χ1n) is 5.71. The molecular formula is C11H13N3O2S. The van der Waals surface area contributed by atoms with Crippen LogP contribution in [-0.4, -0.2) is 33.6 Å². The van der Waals surface area contributed by atoms with Crippen LogP contribution in [0.15, 0.2) is 11.6 Å². The highest BCUT2D eigenvalue weighted by atomic mass is 32.1. The predicted octanol–water partition coefficient (Wildman–Crippen LogP) is 2.08. The molecule has 0 radical (unpaired) electrons. The molecule has 2 aromatic heterocycles. The normalized spacial score (nSPS) is 16.6. The zero-order chi connectivity index (χ0) is 11.8. The second-order valence-electron chi connectivity index (χ2n) is 4.19. The lowest BCUT2D eigenvalue weighted by molar-refractivity contribution is 0.0690. The third-order valence-electron chi connectivity index (χ3n) is 3.10. The maximum atomic E-state index is 11.4. The van der Waals surface area contributed by atoms with Crippen LogP contribution in [0.1, 0.15) is 29.8 Å². The van der Waals surface area contributed by atoms with E-state index in [4.69, 9.17) is 0 Å². The molecule has 17 heavy (non-hydrogen) atoms. The second-order valence-corrected chi connectivity index (χ2v) is 5.07. The van der Waals surface area contributed by atoms with Crippen molar-refractivity contribution in [1.82, 2.24) is 9.38 Å². The Morgan fingerprint density at radius 3 is 2.82 bits per heavy atom. The number of nitrogens with zero attached hydrogens (tertiary/aromatic N) is 3. The molecule has 1 N–H and O–H groups in total. The number of piperidine rings is 1. The fourth-order valence-corrected chi connectivity index (χ4v) is 3.01. The van der Waals surface area contributed by atoms with Gasteiger partial charge in [-0.3, -0.25) is 4.40 Å². The highest BCUT2D eigenvalue weighted by molar-refractivity contribution is 7.15. The monoisotopic (exact) mass is 251 g/mol. The molecule has 0 aliphatic carbocycles. The maximum absolute atomic E-state index is 11.4. The van der Waals surface area contributed by atoms with Crippen LogP contribution >= 0.6 is 11.3 Å². The lowest BCUT2D eigenvalue weighted by atomic mass is 10.1. The van der Waals surface area contributed by atoms with Gasteiger partial charge < -0.3 is 10.0 Å². The van der Waals surface area contributed by atoms with E-state index in [1.807, 2.05) is 5.38 Å². The van der Waals surface area contributed by atoms with Crippen LogP contribution < -0.4 is 4.90 Å². The smallest absolute Gasteiger partial charge is 0.356 e. The summed E-state index contributed by atoms with van der Waals surface area (Å²) in [6.07, 6.45) is 5.22. The van der Waals surface area contributed by atoms with Crippen LogP contribution in [0.3, 0.4) is 0 Å². The molecule has 0 unspecified atom stereocenters. The van der Waals surface area contributed by atoms with Gasteiger partial charge in [-0.15, -0.1) is 11.3 Å². The van der Waals surface area contributed by atoms with Gasteiger partial charge in [0.2, 0.25) is 0 Å². The lowest BCUT2D eigenvalue weighted by Gasteiger charge is -2.26. The largest absolute Gasteiger partial charge is 0.476 e. The van der Waals surface area contributed by atoms with Crippen LogP contribution in [0.4, 0.5) is 5.82 Å². The van der Waals surface area contributed by atoms with Crippen molar-refractivity contribution >= 4 is 28.1 Å². The summed E-state index contributed by atoms with van der Waals surface area (Å²) < 4.78 is 1.66. The number of imidazole rings is 1. The Hall–Kier alpha value is -1.56. The highest BCUT2D eigenvalue weighted by Crippen LogP contribution is 2.26. The molecule has 1 aliphatic heterocycles. The number of fused-ring (bicyclic) bond motifs is 1. The number of thiazole rings is 1. The Morgan fingerprint density at radius 2 is 2.12 bits per heavy atom. The molecule has 1 saturated heterocycles. The second kappa shape index (κ2) is 4.03. The summed E-state index contributed by atoms with van der Waals surface area (Å²) in [6.45, 7) is 1.82. The fraction of sp³-hybridized carbons (Fsp3) is 0.455. The average molecular weight is 251 g/mol. The van der Waals surface area contributed by atoms with E-state index < -0.39 is 5.97 Å². The minimum Gasteiger partial charge on any atom is -0.476 e. The van der Waals surface area contributed by atoms with Gasteiger partial charge in [0, 0.05) is 24.7 Å². The molecule has 1 aliphatic rings. The molecule has 0 spiro atoms. The minimum atomic E-state index is -0.906. The van der Waals surface area contributed by atoms with E-state index in [9.17, 15) is 9.90 Å². The summed E-state index contributed by atoms with van der Waals surface area (Å²) in [6, 6.07) is 0. The molecule has 0 bridgehead atoms. The molecule has 0 saturated carbocycles. The summed E-state index contributed by atoms with van der Waals surface area (Å²) in [7, 11) is 0. The van der Waals surface area contributed by atoms with E-state index in [0.29, 0.717) is 11.5 Å². The van der Waals surface area contributed by atoms with Gasteiger partial charge in [0.25, 0.3) is 0 Å². The SMILES string of the molecule is O=C(O)c1c(N2CCCCC2)nc2sccn12. The molecule has 0 atom stereocenters. The molecular weight excluding hydrogens is 238 g/mol. The van der Waals surface area contributed by atoms with Gasteiger partial charge in [0.05, 0.1) is 0 Å². The summed E-state index contributed by atoms with van der Waals surface area (Å²) in [5, 5.41) is 11.2. The van der Waals surface area contributed by atoms with Gasteiger partial charge in [-0.25, -0.2) is 9.78 Å². The molecule has 0 aromatic carbocycles. The topological polar surface area (TPSA) is 57.8 Å². The first-order chi connectivity index (χ1) is 8.27. The van der Waals surface area contributed by atoms with Crippen LogP contribution in [-0.2, 0) is 0 Å². The van der Waals surface area contributed by atoms with E-state index in [1.165, 1.54) is 17.8 Å². The number of rotatable bonds is 2. The van der Waals surface area contributed by atoms with E-state index >= 15 is 0 Å². The summed E-state index contributed by atoms with van der Waals surface area (Å²) in [5.41, 5.74) is 0.295. The molecule has 6 heteroatoms. The van der Waals surface area contributed by atoms with Gasteiger partial charge in [-0.1, -0.05) is 0 Å². The van der Waals surface area contributed by atoms with Crippen molar-refractivity contribution in [1.29, 1.82) is 0 Å². The summed E-state index contributed by atoms with van der Waals surface area (Å²) >= 11 is 1.47. The van der Waals surface area contributed by atoms with Crippen LogP contribution in [0.25, 0.3) is 4.96 Å². The Labute approximate surface area is 102 Å². The number of aromatic carboxylic acids is 1. The quantitative estimate of drug-likeness (QED) is 0.887. The van der Waals surface area contributed by atoms with Crippen molar-refractivity contribution in [3.8, 4) is 0 Å². The fourth-order valence-electron chi connectivity index (χ4n) is 2.30. The zero-order valence-electron chi connectivity index (χ0n) is 9.30. The summed E-state index contributed by atoms with van der Waals surface area (Å²) in [5.74, 6) is -0.277. The van der Waals surface area contributed by atoms with E-state index in [1.54, 1.807) is 10.6 Å². The third kappa shape index (κ3) is 1.68. The van der Waals surface area contributed by atoms with Gasteiger partial charge in [0.15, 0.2) is 16.5 Å². The Kier molecular flexibility index (Phi) is 2.51. The van der Waals surface area contributed by atoms with Crippen LogP contribution in [0, 0.1) is 0 Å². The molecule has 0 amide bonds. The van der Waals surface area contributed by atoms with Crippen molar-refractivity contribution in [2.24, 2.45) is 0 Å². The number of aromatic nitrogens is 2. The first-order valence-corrected chi connectivity index (χ1v) is 6.59. The zero-order valence-corrected chi connectivity index (χ0v) is 10.1. The number of carboxylic acid groups (broad SMARTS) is 1. The summed E-state index contributed by atoms with van der Waals surface area (Å²) in [4.78, 5) is 18.6. The predicted molar refractivity (Wildman–Crippen MR) is 66.1 cm³/mol.